The van der Waals surface area contributed by atoms with E-state index in [2.05, 4.69) is 37.3 Å². The molecule has 15 heavy (non-hydrogen) atoms. The third-order valence-corrected chi connectivity index (χ3v) is 2.21. The quantitative estimate of drug-likeness (QED) is 0.811. The van der Waals surface area contributed by atoms with E-state index in [0.717, 1.165) is 17.9 Å². The molecule has 0 aliphatic heterocycles. The van der Waals surface area contributed by atoms with Crippen LogP contribution in [0.15, 0.2) is 30.6 Å². The maximum Gasteiger partial charge on any atom is 0.137 e. The molecule has 0 spiro atoms. The number of nitrogens with zero attached hydrogens (tertiary/aromatic N) is 2. The summed E-state index contributed by atoms with van der Waals surface area (Å²) in [6.07, 6.45) is 4.08. The monoisotopic (exact) mass is 203 g/mol. The molecule has 0 bridgehead atoms. The number of nitrogens with one attached hydrogen (secondary N) is 1. The van der Waals surface area contributed by atoms with Gasteiger partial charge < -0.3 is 9.72 Å². The Kier molecular flexibility index (Phi) is 2.49. The first-order valence-electron chi connectivity index (χ1n) is 5.22. The van der Waals surface area contributed by atoms with Crippen molar-refractivity contribution in [2.75, 3.05) is 0 Å². The van der Waals surface area contributed by atoms with E-state index in [9.17, 15) is 0 Å². The van der Waals surface area contributed by atoms with Crippen LogP contribution in [0.1, 0.15) is 26.5 Å². The van der Waals surface area contributed by atoms with E-state index in [0.29, 0.717) is 0 Å². The summed E-state index contributed by atoms with van der Waals surface area (Å²) in [5.74, 6) is 0. The lowest BCUT2D eigenvalue weighted by atomic mass is 10.1. The molecule has 2 aromatic rings. The SMILES string of the molecule is CC(C)(C)NCc1cn2ccccc2n1. The van der Waals surface area contributed by atoms with Gasteiger partial charge in [-0.25, -0.2) is 4.98 Å². The van der Waals surface area contributed by atoms with Crippen LogP contribution in [0.4, 0.5) is 0 Å². The number of hydrogen-bond donors (Lipinski definition) is 1. The molecule has 0 unspecified atom stereocenters. The van der Waals surface area contributed by atoms with Gasteiger partial charge in [-0.2, -0.15) is 0 Å². The average Bonchev–Trinajstić information content (AvgIpc) is 2.56. The van der Waals surface area contributed by atoms with Crippen molar-refractivity contribution in [1.29, 1.82) is 0 Å². The van der Waals surface area contributed by atoms with Crippen LogP contribution in [0.25, 0.3) is 5.65 Å². The van der Waals surface area contributed by atoms with Crippen LogP contribution >= 0.6 is 0 Å². The standard InChI is InChI=1S/C12H17N3/c1-12(2,3)13-8-10-9-15-7-5-4-6-11(15)14-10/h4-7,9,13H,8H2,1-3H3. The van der Waals surface area contributed by atoms with E-state index in [-0.39, 0.29) is 5.54 Å². The van der Waals surface area contributed by atoms with E-state index >= 15 is 0 Å². The maximum absolute atomic E-state index is 4.52. The zero-order chi connectivity index (χ0) is 10.9. The lowest BCUT2D eigenvalue weighted by Gasteiger charge is -2.19. The summed E-state index contributed by atoms with van der Waals surface area (Å²) in [4.78, 5) is 4.52. The molecule has 0 radical (unpaired) electrons. The van der Waals surface area contributed by atoms with Gasteiger partial charge in [0.05, 0.1) is 5.69 Å². The second-order valence-electron chi connectivity index (χ2n) is 4.80. The number of imidazole rings is 1. The van der Waals surface area contributed by atoms with Crippen molar-refractivity contribution in [3.63, 3.8) is 0 Å². The van der Waals surface area contributed by atoms with E-state index in [4.69, 9.17) is 0 Å². The van der Waals surface area contributed by atoms with Crippen molar-refractivity contribution in [3.05, 3.63) is 36.3 Å². The topological polar surface area (TPSA) is 29.3 Å². The molecule has 3 nitrogen and oxygen atoms in total. The second kappa shape index (κ2) is 3.66. The highest BCUT2D eigenvalue weighted by Crippen LogP contribution is 2.06. The van der Waals surface area contributed by atoms with Gasteiger partial charge in [0.2, 0.25) is 0 Å². The summed E-state index contributed by atoms with van der Waals surface area (Å²) in [6, 6.07) is 6.03. The predicted molar refractivity (Wildman–Crippen MR) is 61.8 cm³/mol. The molecule has 0 aromatic carbocycles. The van der Waals surface area contributed by atoms with Crippen LogP contribution in [-0.2, 0) is 6.54 Å². The smallest absolute Gasteiger partial charge is 0.137 e. The predicted octanol–water partition coefficient (Wildman–Crippen LogP) is 2.22. The number of pyridine rings is 1. The molecule has 2 heterocycles. The molecule has 0 atom stereocenters. The third-order valence-electron chi connectivity index (χ3n) is 2.21. The van der Waals surface area contributed by atoms with E-state index in [1.54, 1.807) is 0 Å². The number of aromatic nitrogens is 2. The Labute approximate surface area is 90.1 Å². The first-order chi connectivity index (χ1) is 7.04. The molecule has 2 aromatic heterocycles. The molecule has 2 rings (SSSR count). The Morgan fingerprint density at radius 2 is 2.13 bits per heavy atom. The second-order valence-corrected chi connectivity index (χ2v) is 4.80. The fraction of sp³-hybridized carbons (Fsp3) is 0.417. The van der Waals surface area contributed by atoms with Gasteiger partial charge in [0.15, 0.2) is 0 Å². The van der Waals surface area contributed by atoms with Crippen LogP contribution in [0.2, 0.25) is 0 Å². The fourth-order valence-electron chi connectivity index (χ4n) is 1.43. The van der Waals surface area contributed by atoms with Crippen molar-refractivity contribution in [2.45, 2.75) is 32.9 Å². The van der Waals surface area contributed by atoms with Crippen LogP contribution in [0.5, 0.6) is 0 Å². The average molecular weight is 203 g/mol. The van der Waals surface area contributed by atoms with Crippen molar-refractivity contribution in [1.82, 2.24) is 14.7 Å². The van der Waals surface area contributed by atoms with Gasteiger partial charge in [-0.3, -0.25) is 0 Å². The zero-order valence-corrected chi connectivity index (χ0v) is 9.49. The molecule has 0 amide bonds. The molecule has 0 aliphatic rings. The largest absolute Gasteiger partial charge is 0.307 e. The summed E-state index contributed by atoms with van der Waals surface area (Å²) >= 11 is 0. The summed E-state index contributed by atoms with van der Waals surface area (Å²) in [7, 11) is 0. The maximum atomic E-state index is 4.52. The molecule has 1 N–H and O–H groups in total. The number of rotatable bonds is 2. The van der Waals surface area contributed by atoms with Gasteiger partial charge in [-0.05, 0) is 32.9 Å². The molecule has 0 aliphatic carbocycles. The Balaban J connectivity index is 2.16. The van der Waals surface area contributed by atoms with E-state index in [1.165, 1.54) is 0 Å². The Bertz CT molecular complexity index is 418. The van der Waals surface area contributed by atoms with Crippen molar-refractivity contribution < 1.29 is 0 Å². The summed E-state index contributed by atoms with van der Waals surface area (Å²) < 4.78 is 2.04. The van der Waals surface area contributed by atoms with Crippen LogP contribution < -0.4 is 5.32 Å². The molecule has 0 saturated carbocycles. The van der Waals surface area contributed by atoms with Crippen LogP contribution in [-0.4, -0.2) is 14.9 Å². The van der Waals surface area contributed by atoms with E-state index < -0.39 is 0 Å². The van der Waals surface area contributed by atoms with Gasteiger partial charge in [-0.1, -0.05) is 6.07 Å². The van der Waals surface area contributed by atoms with Gasteiger partial charge in [0.1, 0.15) is 5.65 Å². The van der Waals surface area contributed by atoms with Crippen molar-refractivity contribution >= 4 is 5.65 Å². The Morgan fingerprint density at radius 3 is 2.80 bits per heavy atom. The third kappa shape index (κ3) is 2.57. The minimum Gasteiger partial charge on any atom is -0.307 e. The van der Waals surface area contributed by atoms with Gasteiger partial charge >= 0.3 is 0 Å². The van der Waals surface area contributed by atoms with Crippen molar-refractivity contribution in [2.24, 2.45) is 0 Å². The molecular weight excluding hydrogens is 186 g/mol. The summed E-state index contributed by atoms with van der Waals surface area (Å²) in [5, 5.41) is 3.42. The first kappa shape index (κ1) is 10.2. The minimum absolute atomic E-state index is 0.135. The lowest BCUT2D eigenvalue weighted by molar-refractivity contribution is 0.422. The highest BCUT2D eigenvalue weighted by atomic mass is 15.0. The van der Waals surface area contributed by atoms with Crippen LogP contribution in [0, 0.1) is 0 Å². The van der Waals surface area contributed by atoms with E-state index in [1.807, 2.05) is 28.8 Å². The van der Waals surface area contributed by atoms with Gasteiger partial charge in [-0.15, -0.1) is 0 Å². The highest BCUT2D eigenvalue weighted by molar-refractivity contribution is 5.39. The summed E-state index contributed by atoms with van der Waals surface area (Å²) in [5.41, 5.74) is 2.22. The molecule has 3 heteroatoms. The first-order valence-corrected chi connectivity index (χ1v) is 5.22. The lowest BCUT2D eigenvalue weighted by Crippen LogP contribution is -2.35. The van der Waals surface area contributed by atoms with Crippen molar-refractivity contribution in [3.8, 4) is 0 Å². The molecule has 0 fully saturated rings. The normalized spacial score (nSPS) is 12.2. The molecule has 0 saturated heterocycles. The van der Waals surface area contributed by atoms with Gasteiger partial charge in [0, 0.05) is 24.5 Å². The minimum atomic E-state index is 0.135. The van der Waals surface area contributed by atoms with Gasteiger partial charge in [0.25, 0.3) is 0 Å². The van der Waals surface area contributed by atoms with Crippen LogP contribution in [0.3, 0.4) is 0 Å². The molecule has 80 valence electrons. The summed E-state index contributed by atoms with van der Waals surface area (Å²) in [6.45, 7) is 7.28. The Hall–Kier alpha value is -1.35. The highest BCUT2D eigenvalue weighted by Gasteiger charge is 2.09. The molecular formula is C12H17N3. The number of hydrogen-bond acceptors (Lipinski definition) is 2. The zero-order valence-electron chi connectivity index (χ0n) is 9.49. The number of fused-ring (bicyclic) bond motifs is 1. The fourth-order valence-corrected chi connectivity index (χ4v) is 1.43. The Morgan fingerprint density at radius 1 is 1.33 bits per heavy atom.